The van der Waals surface area contributed by atoms with Gasteiger partial charge < -0.3 is 29.9 Å². The van der Waals surface area contributed by atoms with Crippen LogP contribution < -0.4 is 14.8 Å². The Morgan fingerprint density at radius 1 is 1.23 bits per heavy atom. The van der Waals surface area contributed by atoms with Crippen molar-refractivity contribution in [1.82, 2.24) is 10.2 Å². The number of benzene rings is 2. The zero-order valence-electron chi connectivity index (χ0n) is 17.8. The molecule has 31 heavy (non-hydrogen) atoms. The summed E-state index contributed by atoms with van der Waals surface area (Å²) in [6.07, 6.45) is -0.381. The second kappa shape index (κ2) is 10.3. The summed E-state index contributed by atoms with van der Waals surface area (Å²) in [7, 11) is 3.17. The fourth-order valence-electron chi connectivity index (χ4n) is 3.75. The van der Waals surface area contributed by atoms with Crippen molar-refractivity contribution in [3.05, 3.63) is 58.6 Å². The SMILES string of the molecule is COc1ccc(CNC[C@@]2(O)CN(C(=O)Cc3ccc(Cl)cc3)CC[C@@H]2O)c(OC)c1. The summed E-state index contributed by atoms with van der Waals surface area (Å²) in [5.41, 5.74) is 0.315. The summed E-state index contributed by atoms with van der Waals surface area (Å²) in [4.78, 5) is 14.3. The van der Waals surface area contributed by atoms with Gasteiger partial charge in [0.1, 0.15) is 17.1 Å². The Morgan fingerprint density at radius 2 is 1.97 bits per heavy atom. The smallest absolute Gasteiger partial charge is 0.227 e. The largest absolute Gasteiger partial charge is 0.497 e. The van der Waals surface area contributed by atoms with Crippen molar-refractivity contribution in [3.63, 3.8) is 0 Å². The highest BCUT2D eigenvalue weighted by atomic mass is 35.5. The first-order valence-corrected chi connectivity index (χ1v) is 10.6. The van der Waals surface area contributed by atoms with E-state index < -0.39 is 11.7 Å². The Labute approximate surface area is 187 Å². The number of ether oxygens (including phenoxy) is 2. The third-order valence-electron chi connectivity index (χ3n) is 5.62. The predicted molar refractivity (Wildman–Crippen MR) is 119 cm³/mol. The summed E-state index contributed by atoms with van der Waals surface area (Å²) in [5.74, 6) is 1.27. The van der Waals surface area contributed by atoms with Crippen LogP contribution in [0.2, 0.25) is 5.02 Å². The minimum absolute atomic E-state index is 0.0628. The minimum atomic E-state index is -1.44. The number of aliphatic hydroxyl groups is 2. The molecule has 0 saturated carbocycles. The van der Waals surface area contributed by atoms with Gasteiger partial charge in [-0.15, -0.1) is 0 Å². The molecule has 0 radical (unpaired) electrons. The van der Waals surface area contributed by atoms with Crippen molar-refractivity contribution in [1.29, 1.82) is 0 Å². The first kappa shape index (κ1) is 23.3. The molecule has 3 rings (SSSR count). The maximum absolute atomic E-state index is 12.7. The molecule has 2 aromatic rings. The molecule has 1 amide bonds. The van der Waals surface area contributed by atoms with Crippen LogP contribution in [0.4, 0.5) is 0 Å². The van der Waals surface area contributed by atoms with Crippen LogP contribution in [0.5, 0.6) is 11.5 Å². The van der Waals surface area contributed by atoms with Crippen LogP contribution in [0.1, 0.15) is 17.5 Å². The number of likely N-dealkylation sites (tertiary alicyclic amines) is 1. The first-order valence-electron chi connectivity index (χ1n) is 10.2. The van der Waals surface area contributed by atoms with E-state index in [-0.39, 0.29) is 25.4 Å². The molecule has 7 nitrogen and oxygen atoms in total. The third kappa shape index (κ3) is 5.89. The fourth-order valence-corrected chi connectivity index (χ4v) is 3.87. The van der Waals surface area contributed by atoms with Crippen molar-refractivity contribution in [3.8, 4) is 11.5 Å². The Kier molecular flexibility index (Phi) is 7.78. The fraction of sp³-hybridized carbons (Fsp3) is 0.435. The molecule has 1 fully saturated rings. The molecule has 1 aliphatic rings. The Hall–Kier alpha value is -2.32. The molecule has 0 spiro atoms. The Morgan fingerprint density at radius 3 is 2.65 bits per heavy atom. The average molecular weight is 449 g/mol. The zero-order chi connectivity index (χ0) is 22.4. The maximum atomic E-state index is 12.7. The van der Waals surface area contributed by atoms with E-state index in [4.69, 9.17) is 21.1 Å². The number of β-amino-alcohol motifs (C(OH)–C–C–N with tert-alkyl or cyclic N) is 1. The molecule has 8 heteroatoms. The maximum Gasteiger partial charge on any atom is 0.227 e. The van der Waals surface area contributed by atoms with Crippen molar-refractivity contribution in [2.45, 2.75) is 31.1 Å². The molecule has 0 aliphatic carbocycles. The van der Waals surface area contributed by atoms with Gasteiger partial charge in [-0.3, -0.25) is 4.79 Å². The van der Waals surface area contributed by atoms with Gasteiger partial charge in [-0.1, -0.05) is 29.8 Å². The van der Waals surface area contributed by atoms with E-state index >= 15 is 0 Å². The normalized spacial score (nSPS) is 21.1. The van der Waals surface area contributed by atoms with E-state index in [9.17, 15) is 15.0 Å². The van der Waals surface area contributed by atoms with Crippen LogP contribution >= 0.6 is 11.6 Å². The molecular weight excluding hydrogens is 420 g/mol. The van der Waals surface area contributed by atoms with E-state index in [1.165, 1.54) is 0 Å². The number of carbonyl (C=O) groups is 1. The number of halogens is 1. The van der Waals surface area contributed by atoms with Crippen molar-refractivity contribution in [2.24, 2.45) is 0 Å². The highest BCUT2D eigenvalue weighted by molar-refractivity contribution is 6.30. The quantitative estimate of drug-likeness (QED) is 0.572. The van der Waals surface area contributed by atoms with Gasteiger partial charge >= 0.3 is 0 Å². The first-order chi connectivity index (χ1) is 14.8. The number of aliphatic hydroxyl groups excluding tert-OH is 1. The van der Waals surface area contributed by atoms with E-state index in [1.54, 1.807) is 37.3 Å². The minimum Gasteiger partial charge on any atom is -0.497 e. The number of piperidine rings is 1. The highest BCUT2D eigenvalue weighted by Crippen LogP contribution is 2.26. The van der Waals surface area contributed by atoms with Crippen molar-refractivity contribution < 1.29 is 24.5 Å². The molecule has 2 atom stereocenters. The van der Waals surface area contributed by atoms with Crippen molar-refractivity contribution in [2.75, 3.05) is 33.9 Å². The van der Waals surface area contributed by atoms with Gasteiger partial charge in [0.15, 0.2) is 0 Å². The molecule has 2 aromatic carbocycles. The number of methoxy groups -OCH3 is 2. The molecule has 0 unspecified atom stereocenters. The second-order valence-corrected chi connectivity index (χ2v) is 8.24. The van der Waals surface area contributed by atoms with Crippen LogP contribution in [0.15, 0.2) is 42.5 Å². The van der Waals surface area contributed by atoms with Crippen molar-refractivity contribution >= 4 is 17.5 Å². The summed E-state index contributed by atoms with van der Waals surface area (Å²) in [5, 5.41) is 25.3. The number of carbonyl (C=O) groups excluding carboxylic acids is 1. The molecule has 0 bridgehead atoms. The van der Waals surface area contributed by atoms with Gasteiger partial charge in [0.25, 0.3) is 0 Å². The molecule has 1 saturated heterocycles. The second-order valence-electron chi connectivity index (χ2n) is 7.81. The van der Waals surface area contributed by atoms with Gasteiger partial charge in [-0.2, -0.15) is 0 Å². The van der Waals surface area contributed by atoms with Gasteiger partial charge in [-0.25, -0.2) is 0 Å². The summed E-state index contributed by atoms with van der Waals surface area (Å²) in [6.45, 7) is 1.03. The van der Waals surface area contributed by atoms with Gasteiger partial charge in [0, 0.05) is 36.3 Å². The van der Waals surface area contributed by atoms with Gasteiger partial charge in [-0.05, 0) is 30.2 Å². The predicted octanol–water partition coefficient (Wildman–Crippen LogP) is 2.01. The van der Waals surface area contributed by atoms with E-state index in [0.29, 0.717) is 36.0 Å². The molecule has 1 heterocycles. The molecular formula is C23H29ClN2O5. The lowest BCUT2D eigenvalue weighted by Crippen LogP contribution is -2.62. The van der Waals surface area contributed by atoms with Crippen LogP contribution in [-0.2, 0) is 17.8 Å². The van der Waals surface area contributed by atoms with Gasteiger partial charge in [0.05, 0.1) is 33.3 Å². The van der Waals surface area contributed by atoms with Crippen LogP contribution in [0, 0.1) is 0 Å². The molecule has 1 aliphatic heterocycles. The van der Waals surface area contributed by atoms with Gasteiger partial charge in [0.2, 0.25) is 5.91 Å². The average Bonchev–Trinajstić information content (AvgIpc) is 2.77. The van der Waals surface area contributed by atoms with E-state index in [0.717, 1.165) is 11.1 Å². The molecule has 0 aromatic heterocycles. The summed E-state index contributed by atoms with van der Waals surface area (Å²) < 4.78 is 10.6. The lowest BCUT2D eigenvalue weighted by Gasteiger charge is -2.43. The van der Waals surface area contributed by atoms with E-state index in [1.807, 2.05) is 24.3 Å². The topological polar surface area (TPSA) is 91.3 Å². The lowest BCUT2D eigenvalue weighted by atomic mass is 9.89. The number of nitrogens with zero attached hydrogens (tertiary/aromatic N) is 1. The number of rotatable bonds is 8. The van der Waals surface area contributed by atoms with Crippen LogP contribution in [-0.4, -0.2) is 66.6 Å². The number of amides is 1. The third-order valence-corrected chi connectivity index (χ3v) is 5.87. The summed E-state index contributed by atoms with van der Waals surface area (Å²) in [6, 6.07) is 12.6. The highest BCUT2D eigenvalue weighted by Gasteiger charge is 2.42. The van der Waals surface area contributed by atoms with E-state index in [2.05, 4.69) is 5.32 Å². The van der Waals surface area contributed by atoms with Crippen LogP contribution in [0.3, 0.4) is 0 Å². The zero-order valence-corrected chi connectivity index (χ0v) is 18.6. The monoisotopic (exact) mass is 448 g/mol. The van der Waals surface area contributed by atoms with Crippen LogP contribution in [0.25, 0.3) is 0 Å². The Balaban J connectivity index is 1.59. The summed E-state index contributed by atoms with van der Waals surface area (Å²) >= 11 is 5.90. The Bertz CT molecular complexity index is 892. The lowest BCUT2D eigenvalue weighted by molar-refractivity contribution is -0.150. The number of hydrogen-bond acceptors (Lipinski definition) is 6. The standard InChI is InChI=1S/C23H29ClN2O5/c1-30-19-8-5-17(20(12-19)31-2)13-25-14-23(29)15-26(10-9-21(23)27)22(28)11-16-3-6-18(24)7-4-16/h3-8,12,21,25,27,29H,9-11,13-15H2,1-2H3/t21-,23+/m0/s1. The molecule has 3 N–H and O–H groups in total. The number of hydrogen-bond donors (Lipinski definition) is 3. The molecule has 168 valence electrons. The number of nitrogens with one attached hydrogen (secondary N) is 1.